The number of aromatic nitrogens is 1. The standard InChI is InChI=1S/C12H16N2O4/c1-4-14(7-11(16)18-3)12(17)10-5-9(6-13-10)8(2)15/h5-6,13H,4,7H2,1-3H3. The third-order valence-electron chi connectivity index (χ3n) is 2.54. The predicted octanol–water partition coefficient (Wildman–Crippen LogP) is 0.852. The molecule has 0 radical (unpaired) electrons. The number of ketones is 1. The lowest BCUT2D eigenvalue weighted by Gasteiger charge is -2.18. The highest BCUT2D eigenvalue weighted by atomic mass is 16.5. The second-order valence-electron chi connectivity index (χ2n) is 3.75. The van der Waals surface area contributed by atoms with Crippen molar-refractivity contribution in [3.63, 3.8) is 0 Å². The van der Waals surface area contributed by atoms with Crippen LogP contribution in [0.4, 0.5) is 0 Å². The van der Waals surface area contributed by atoms with E-state index in [0.717, 1.165) is 0 Å². The van der Waals surface area contributed by atoms with Crippen LogP contribution in [0.15, 0.2) is 12.3 Å². The summed E-state index contributed by atoms with van der Waals surface area (Å²) in [6.07, 6.45) is 1.47. The lowest BCUT2D eigenvalue weighted by molar-refractivity contribution is -0.141. The van der Waals surface area contributed by atoms with Crippen LogP contribution in [-0.4, -0.2) is 47.7 Å². The normalized spacial score (nSPS) is 9.94. The number of ether oxygens (including phenoxy) is 1. The first kappa shape index (κ1) is 14.0. The van der Waals surface area contributed by atoms with Gasteiger partial charge in [0.25, 0.3) is 5.91 Å². The second kappa shape index (κ2) is 6.00. The van der Waals surface area contributed by atoms with Crippen molar-refractivity contribution >= 4 is 17.7 Å². The predicted molar refractivity (Wildman–Crippen MR) is 64.4 cm³/mol. The van der Waals surface area contributed by atoms with Crippen LogP contribution >= 0.6 is 0 Å². The number of nitrogens with zero attached hydrogens (tertiary/aromatic N) is 1. The first-order chi connectivity index (χ1) is 8.49. The van der Waals surface area contributed by atoms with Gasteiger partial charge in [-0.2, -0.15) is 0 Å². The Morgan fingerprint density at radius 3 is 2.50 bits per heavy atom. The van der Waals surface area contributed by atoms with Gasteiger partial charge in [-0.1, -0.05) is 0 Å². The number of rotatable bonds is 5. The van der Waals surface area contributed by atoms with E-state index in [1.807, 2.05) is 0 Å². The summed E-state index contributed by atoms with van der Waals surface area (Å²) in [5, 5.41) is 0. The Morgan fingerprint density at radius 2 is 2.06 bits per heavy atom. The average molecular weight is 252 g/mol. The van der Waals surface area contributed by atoms with Crippen LogP contribution in [0.25, 0.3) is 0 Å². The fraction of sp³-hybridized carbons (Fsp3) is 0.417. The monoisotopic (exact) mass is 252 g/mol. The second-order valence-corrected chi connectivity index (χ2v) is 3.75. The number of aromatic amines is 1. The summed E-state index contributed by atoms with van der Waals surface area (Å²) in [7, 11) is 1.27. The molecule has 1 N–H and O–H groups in total. The zero-order valence-electron chi connectivity index (χ0n) is 10.6. The Labute approximate surface area is 105 Å². The number of carbonyl (C=O) groups is 3. The lowest BCUT2D eigenvalue weighted by atomic mass is 10.2. The van der Waals surface area contributed by atoms with Gasteiger partial charge in [0, 0.05) is 18.3 Å². The van der Waals surface area contributed by atoms with Crippen molar-refractivity contribution in [2.75, 3.05) is 20.2 Å². The number of hydrogen-bond donors (Lipinski definition) is 1. The number of carbonyl (C=O) groups excluding carboxylic acids is 3. The van der Waals surface area contributed by atoms with Crippen LogP contribution in [0.5, 0.6) is 0 Å². The molecule has 1 aromatic rings. The van der Waals surface area contributed by atoms with E-state index in [1.54, 1.807) is 6.92 Å². The Kier molecular flexibility index (Phi) is 4.65. The number of amides is 1. The molecule has 0 aliphatic heterocycles. The molecule has 0 atom stereocenters. The fourth-order valence-corrected chi connectivity index (χ4v) is 1.44. The molecule has 0 saturated heterocycles. The topological polar surface area (TPSA) is 79.5 Å². The van der Waals surface area contributed by atoms with E-state index in [-0.39, 0.29) is 23.9 Å². The maximum Gasteiger partial charge on any atom is 0.325 e. The van der Waals surface area contributed by atoms with Gasteiger partial charge in [-0.25, -0.2) is 0 Å². The van der Waals surface area contributed by atoms with E-state index >= 15 is 0 Å². The van der Waals surface area contributed by atoms with E-state index in [2.05, 4.69) is 9.72 Å². The summed E-state index contributed by atoms with van der Waals surface area (Å²) in [5.41, 5.74) is 0.721. The molecule has 0 fully saturated rings. The van der Waals surface area contributed by atoms with Crippen molar-refractivity contribution < 1.29 is 19.1 Å². The molecule has 0 aliphatic rings. The molecule has 0 aliphatic carbocycles. The van der Waals surface area contributed by atoms with Crippen LogP contribution in [0, 0.1) is 0 Å². The van der Waals surface area contributed by atoms with Crippen LogP contribution in [0.1, 0.15) is 34.7 Å². The quantitative estimate of drug-likeness (QED) is 0.622. The van der Waals surface area contributed by atoms with Gasteiger partial charge >= 0.3 is 5.97 Å². The minimum atomic E-state index is -0.483. The summed E-state index contributed by atoms with van der Waals surface area (Å²) in [6, 6.07) is 1.48. The minimum Gasteiger partial charge on any atom is -0.468 e. The Morgan fingerprint density at radius 1 is 1.39 bits per heavy atom. The molecular weight excluding hydrogens is 236 g/mol. The largest absolute Gasteiger partial charge is 0.468 e. The van der Waals surface area contributed by atoms with Gasteiger partial charge in [0.2, 0.25) is 0 Å². The zero-order chi connectivity index (χ0) is 13.7. The lowest BCUT2D eigenvalue weighted by Crippen LogP contribution is -2.36. The third kappa shape index (κ3) is 3.19. The molecule has 0 bridgehead atoms. The number of likely N-dealkylation sites (N-methyl/N-ethyl adjacent to an activating group) is 1. The van der Waals surface area contributed by atoms with E-state index in [1.165, 1.54) is 31.2 Å². The third-order valence-corrected chi connectivity index (χ3v) is 2.54. The zero-order valence-corrected chi connectivity index (χ0v) is 10.6. The number of Topliss-reactive ketones (excluding diaryl/α,β-unsaturated/α-hetero) is 1. The maximum atomic E-state index is 12.0. The van der Waals surface area contributed by atoms with Crippen molar-refractivity contribution in [1.82, 2.24) is 9.88 Å². The molecule has 1 amide bonds. The smallest absolute Gasteiger partial charge is 0.325 e. The molecule has 1 heterocycles. The molecular formula is C12H16N2O4. The Bertz CT molecular complexity index is 464. The number of hydrogen-bond acceptors (Lipinski definition) is 4. The summed E-state index contributed by atoms with van der Waals surface area (Å²) >= 11 is 0. The van der Waals surface area contributed by atoms with E-state index in [9.17, 15) is 14.4 Å². The Balaban J connectivity index is 2.82. The molecule has 1 rings (SSSR count). The highest BCUT2D eigenvalue weighted by Crippen LogP contribution is 2.07. The van der Waals surface area contributed by atoms with Gasteiger partial charge in [0.1, 0.15) is 12.2 Å². The van der Waals surface area contributed by atoms with Crippen molar-refractivity contribution in [3.8, 4) is 0 Å². The highest BCUT2D eigenvalue weighted by Gasteiger charge is 2.19. The van der Waals surface area contributed by atoms with E-state index in [0.29, 0.717) is 12.1 Å². The SMILES string of the molecule is CCN(CC(=O)OC)C(=O)c1cc(C(C)=O)c[nH]1. The van der Waals surface area contributed by atoms with Gasteiger partial charge < -0.3 is 14.6 Å². The first-order valence-corrected chi connectivity index (χ1v) is 5.55. The minimum absolute atomic E-state index is 0.111. The van der Waals surface area contributed by atoms with Crippen LogP contribution in [0.3, 0.4) is 0 Å². The van der Waals surface area contributed by atoms with Gasteiger partial charge in [0.05, 0.1) is 7.11 Å². The first-order valence-electron chi connectivity index (χ1n) is 5.55. The summed E-state index contributed by atoms with van der Waals surface area (Å²) in [5.74, 6) is -0.944. The molecule has 0 spiro atoms. The van der Waals surface area contributed by atoms with Crippen LogP contribution in [0.2, 0.25) is 0 Å². The number of methoxy groups -OCH3 is 1. The highest BCUT2D eigenvalue weighted by molar-refractivity contribution is 5.99. The molecule has 0 unspecified atom stereocenters. The molecule has 18 heavy (non-hydrogen) atoms. The molecule has 0 aromatic carbocycles. The van der Waals surface area contributed by atoms with Crippen molar-refractivity contribution in [2.45, 2.75) is 13.8 Å². The van der Waals surface area contributed by atoms with E-state index < -0.39 is 5.97 Å². The van der Waals surface area contributed by atoms with Gasteiger partial charge in [-0.3, -0.25) is 14.4 Å². The molecule has 6 nitrogen and oxygen atoms in total. The van der Waals surface area contributed by atoms with Crippen LogP contribution in [-0.2, 0) is 9.53 Å². The summed E-state index contributed by atoms with van der Waals surface area (Å²) < 4.78 is 4.51. The molecule has 0 saturated carbocycles. The van der Waals surface area contributed by atoms with Gasteiger partial charge in [-0.05, 0) is 19.9 Å². The van der Waals surface area contributed by atoms with Crippen molar-refractivity contribution in [3.05, 3.63) is 23.5 Å². The molecule has 6 heteroatoms. The maximum absolute atomic E-state index is 12.0. The van der Waals surface area contributed by atoms with Crippen LogP contribution < -0.4 is 0 Å². The molecule has 98 valence electrons. The summed E-state index contributed by atoms with van der Waals surface area (Å²) in [6.45, 7) is 3.45. The number of esters is 1. The fourth-order valence-electron chi connectivity index (χ4n) is 1.44. The number of H-pyrrole nitrogens is 1. The summed E-state index contributed by atoms with van der Waals surface area (Å²) in [4.78, 5) is 38.4. The Hall–Kier alpha value is -2.11. The number of nitrogens with one attached hydrogen (secondary N) is 1. The van der Waals surface area contributed by atoms with Gasteiger partial charge in [0.15, 0.2) is 5.78 Å². The van der Waals surface area contributed by atoms with Gasteiger partial charge in [-0.15, -0.1) is 0 Å². The van der Waals surface area contributed by atoms with Crippen molar-refractivity contribution in [2.24, 2.45) is 0 Å². The average Bonchev–Trinajstić information content (AvgIpc) is 2.84. The molecule has 1 aromatic heterocycles. The van der Waals surface area contributed by atoms with E-state index in [4.69, 9.17) is 0 Å². The van der Waals surface area contributed by atoms with Crippen molar-refractivity contribution in [1.29, 1.82) is 0 Å².